The lowest BCUT2D eigenvalue weighted by molar-refractivity contribution is 0.0495. The van der Waals surface area contributed by atoms with E-state index in [1.165, 1.54) is 0 Å². The third-order valence-corrected chi connectivity index (χ3v) is 3.02. The summed E-state index contributed by atoms with van der Waals surface area (Å²) in [6, 6.07) is 12.8. The highest BCUT2D eigenvalue weighted by atomic mass is 19.1. The molecule has 0 radical (unpaired) electrons. The Bertz CT molecular complexity index is 634. The van der Waals surface area contributed by atoms with Gasteiger partial charge in [0.2, 0.25) is 0 Å². The van der Waals surface area contributed by atoms with E-state index in [9.17, 15) is 9.18 Å². The molecule has 1 atom stereocenters. The number of amides is 1. The predicted octanol–water partition coefficient (Wildman–Crippen LogP) is 4.38. The molecule has 0 aliphatic rings. The van der Waals surface area contributed by atoms with Crippen molar-refractivity contribution in [2.24, 2.45) is 0 Å². The van der Waals surface area contributed by atoms with Crippen molar-refractivity contribution in [1.29, 1.82) is 0 Å². The highest BCUT2D eigenvalue weighted by molar-refractivity contribution is 5.83. The molecule has 3 nitrogen and oxygen atoms in total. The molecular weight excluding hydrogens is 269 g/mol. The van der Waals surface area contributed by atoms with E-state index < -0.39 is 24.4 Å². The zero-order valence-corrected chi connectivity index (χ0v) is 12.5. The molecule has 0 saturated carbocycles. The summed E-state index contributed by atoms with van der Waals surface area (Å²) in [5.74, 6) is 0. The molecule has 0 aromatic heterocycles. The van der Waals surface area contributed by atoms with Crippen molar-refractivity contribution in [3.8, 4) is 0 Å². The number of nitrogens with one attached hydrogen (secondary N) is 1. The standard InChI is InChI=1S/C17H20FNO2/c1-17(2,3)21-16(20)19-15(11-18)14-9-8-12-6-4-5-7-13(12)10-14/h4-10,15H,11H2,1-3H3,(H,19,20). The van der Waals surface area contributed by atoms with E-state index in [1.807, 2.05) is 42.5 Å². The van der Waals surface area contributed by atoms with Gasteiger partial charge in [0.25, 0.3) is 0 Å². The Morgan fingerprint density at radius 2 is 1.86 bits per heavy atom. The Balaban J connectivity index is 2.17. The van der Waals surface area contributed by atoms with Crippen molar-refractivity contribution in [2.45, 2.75) is 32.4 Å². The Hall–Kier alpha value is -2.10. The second kappa shape index (κ2) is 6.12. The molecule has 0 spiro atoms. The quantitative estimate of drug-likeness (QED) is 0.911. The van der Waals surface area contributed by atoms with Crippen molar-refractivity contribution < 1.29 is 13.9 Å². The number of hydrogen-bond donors (Lipinski definition) is 1. The molecule has 2 aromatic rings. The summed E-state index contributed by atoms with van der Waals surface area (Å²) >= 11 is 0. The molecule has 112 valence electrons. The lowest BCUT2D eigenvalue weighted by atomic mass is 10.0. The maximum absolute atomic E-state index is 13.3. The number of rotatable bonds is 3. The first-order valence-electron chi connectivity index (χ1n) is 6.93. The minimum Gasteiger partial charge on any atom is -0.444 e. The van der Waals surface area contributed by atoms with Crippen molar-refractivity contribution in [3.63, 3.8) is 0 Å². The van der Waals surface area contributed by atoms with E-state index in [4.69, 9.17) is 4.74 Å². The Kier molecular flexibility index (Phi) is 4.46. The second-order valence-electron chi connectivity index (χ2n) is 5.96. The summed E-state index contributed by atoms with van der Waals surface area (Å²) in [6.45, 7) is 4.63. The highest BCUT2D eigenvalue weighted by Crippen LogP contribution is 2.21. The van der Waals surface area contributed by atoms with Gasteiger partial charge in [-0.2, -0.15) is 0 Å². The fourth-order valence-corrected chi connectivity index (χ4v) is 2.09. The van der Waals surface area contributed by atoms with Crippen LogP contribution in [-0.4, -0.2) is 18.4 Å². The van der Waals surface area contributed by atoms with Crippen molar-refractivity contribution in [3.05, 3.63) is 48.0 Å². The number of benzene rings is 2. The van der Waals surface area contributed by atoms with Crippen molar-refractivity contribution >= 4 is 16.9 Å². The lowest BCUT2D eigenvalue weighted by Gasteiger charge is -2.22. The summed E-state index contributed by atoms with van der Waals surface area (Å²) in [7, 11) is 0. The maximum atomic E-state index is 13.3. The number of carbonyl (C=O) groups excluding carboxylic acids is 1. The molecular formula is C17H20FNO2. The fourth-order valence-electron chi connectivity index (χ4n) is 2.09. The molecule has 0 aliphatic carbocycles. The Labute approximate surface area is 124 Å². The number of alkyl carbamates (subject to hydrolysis) is 1. The average Bonchev–Trinajstić information content (AvgIpc) is 2.42. The molecule has 1 unspecified atom stereocenters. The first-order chi connectivity index (χ1) is 9.89. The Morgan fingerprint density at radius 1 is 1.19 bits per heavy atom. The van der Waals surface area contributed by atoms with Crippen molar-refractivity contribution in [1.82, 2.24) is 5.32 Å². The second-order valence-corrected chi connectivity index (χ2v) is 5.96. The van der Waals surface area contributed by atoms with E-state index in [1.54, 1.807) is 20.8 Å². The van der Waals surface area contributed by atoms with Crippen LogP contribution in [0.15, 0.2) is 42.5 Å². The highest BCUT2D eigenvalue weighted by Gasteiger charge is 2.20. The van der Waals surface area contributed by atoms with Crippen LogP contribution in [-0.2, 0) is 4.74 Å². The fraction of sp³-hybridized carbons (Fsp3) is 0.353. The van der Waals surface area contributed by atoms with Crippen LogP contribution in [0.3, 0.4) is 0 Å². The average molecular weight is 289 g/mol. The molecule has 2 aromatic carbocycles. The summed E-state index contributed by atoms with van der Waals surface area (Å²) in [5.41, 5.74) is 0.121. The minimum atomic E-state index is -0.704. The van der Waals surface area contributed by atoms with E-state index in [0.29, 0.717) is 0 Å². The molecule has 4 heteroatoms. The van der Waals surface area contributed by atoms with Crippen LogP contribution in [0.1, 0.15) is 32.4 Å². The normalized spacial score (nSPS) is 13.0. The number of fused-ring (bicyclic) bond motifs is 1. The smallest absolute Gasteiger partial charge is 0.408 e. The molecule has 21 heavy (non-hydrogen) atoms. The summed E-state index contributed by atoms with van der Waals surface area (Å²) < 4.78 is 18.4. The molecule has 1 N–H and O–H groups in total. The minimum absolute atomic E-state index is 0.603. The third kappa shape index (κ3) is 4.18. The van der Waals surface area contributed by atoms with Gasteiger partial charge in [-0.25, -0.2) is 9.18 Å². The number of halogens is 1. The van der Waals surface area contributed by atoms with Gasteiger partial charge in [0, 0.05) is 0 Å². The van der Waals surface area contributed by atoms with Gasteiger partial charge in [-0.15, -0.1) is 0 Å². The van der Waals surface area contributed by atoms with Gasteiger partial charge in [0.05, 0.1) is 6.04 Å². The first-order valence-corrected chi connectivity index (χ1v) is 6.93. The number of hydrogen-bond acceptors (Lipinski definition) is 2. The van der Waals surface area contributed by atoms with E-state index in [-0.39, 0.29) is 0 Å². The van der Waals surface area contributed by atoms with Crippen LogP contribution < -0.4 is 5.32 Å². The monoisotopic (exact) mass is 289 g/mol. The largest absolute Gasteiger partial charge is 0.444 e. The van der Waals surface area contributed by atoms with Gasteiger partial charge >= 0.3 is 6.09 Å². The number of carbonyl (C=O) groups is 1. The maximum Gasteiger partial charge on any atom is 0.408 e. The van der Waals surface area contributed by atoms with E-state index in [0.717, 1.165) is 16.3 Å². The SMILES string of the molecule is CC(C)(C)OC(=O)NC(CF)c1ccc2ccccc2c1. The van der Waals surface area contributed by atoms with Gasteiger partial charge in [0.1, 0.15) is 12.3 Å². The van der Waals surface area contributed by atoms with Crippen LogP contribution >= 0.6 is 0 Å². The molecule has 1 amide bonds. The molecule has 0 heterocycles. The van der Waals surface area contributed by atoms with Crippen LogP contribution in [0.25, 0.3) is 10.8 Å². The Morgan fingerprint density at radius 3 is 2.48 bits per heavy atom. The molecule has 2 rings (SSSR count). The predicted molar refractivity (Wildman–Crippen MR) is 82.0 cm³/mol. The molecule has 0 fully saturated rings. The van der Waals surface area contributed by atoms with Gasteiger partial charge < -0.3 is 10.1 Å². The van der Waals surface area contributed by atoms with Gasteiger partial charge in [0.15, 0.2) is 0 Å². The van der Waals surface area contributed by atoms with E-state index >= 15 is 0 Å². The summed E-state index contributed by atoms with van der Waals surface area (Å²) in [4.78, 5) is 11.8. The first kappa shape index (κ1) is 15.3. The van der Waals surface area contributed by atoms with Crippen LogP contribution in [0.4, 0.5) is 9.18 Å². The molecule has 0 aliphatic heterocycles. The summed E-state index contributed by atoms with van der Waals surface area (Å²) in [6.07, 6.45) is -0.613. The van der Waals surface area contributed by atoms with Gasteiger partial charge in [-0.3, -0.25) is 0 Å². The number of alkyl halides is 1. The number of ether oxygens (including phenoxy) is 1. The lowest BCUT2D eigenvalue weighted by Crippen LogP contribution is -2.35. The van der Waals surface area contributed by atoms with Crippen LogP contribution in [0.2, 0.25) is 0 Å². The summed E-state index contributed by atoms with van der Waals surface area (Å²) in [5, 5.41) is 4.66. The van der Waals surface area contributed by atoms with E-state index in [2.05, 4.69) is 5.32 Å². The van der Waals surface area contributed by atoms with Crippen molar-refractivity contribution in [2.75, 3.05) is 6.67 Å². The topological polar surface area (TPSA) is 38.3 Å². The van der Waals surface area contributed by atoms with Crippen LogP contribution in [0.5, 0.6) is 0 Å². The zero-order chi connectivity index (χ0) is 15.5. The third-order valence-electron chi connectivity index (χ3n) is 3.02. The zero-order valence-electron chi connectivity index (χ0n) is 12.5. The van der Waals surface area contributed by atoms with Gasteiger partial charge in [-0.1, -0.05) is 36.4 Å². The molecule has 0 saturated heterocycles. The molecule has 0 bridgehead atoms. The van der Waals surface area contributed by atoms with Gasteiger partial charge in [-0.05, 0) is 43.2 Å². The van der Waals surface area contributed by atoms with Crippen LogP contribution in [0, 0.1) is 0 Å².